The highest BCUT2D eigenvalue weighted by molar-refractivity contribution is 7.92. The quantitative estimate of drug-likeness (QED) is 0.293. The number of allylic oxidation sites excluding steroid dienone is 2. The second kappa shape index (κ2) is 10.3. The maximum absolute atomic E-state index is 13.4. The maximum atomic E-state index is 13.4. The summed E-state index contributed by atoms with van der Waals surface area (Å²) in [5.74, 6) is -6.19. The average Bonchev–Trinajstić information content (AvgIpc) is 2.83. The van der Waals surface area contributed by atoms with Crippen LogP contribution in [0.4, 0.5) is 45.2 Å². The van der Waals surface area contributed by atoms with E-state index < -0.39 is 79.2 Å². The first-order valence-electron chi connectivity index (χ1n) is 10.6. The van der Waals surface area contributed by atoms with Gasteiger partial charge in [0, 0.05) is 7.11 Å². The summed E-state index contributed by atoms with van der Waals surface area (Å²) in [4.78, 5) is 10.2. The molecular weight excluding hydrogens is 589 g/mol. The number of carboxylic acid groups (broad SMARTS) is 1. The van der Waals surface area contributed by atoms with Crippen LogP contribution < -0.4 is 9.46 Å². The maximum Gasteiger partial charge on any atom is 0.416 e. The van der Waals surface area contributed by atoms with Gasteiger partial charge in [-0.2, -0.15) is 39.5 Å². The van der Waals surface area contributed by atoms with E-state index in [1.54, 1.807) is 0 Å². The Morgan fingerprint density at radius 3 is 1.90 bits per heavy atom. The van der Waals surface area contributed by atoms with Crippen molar-refractivity contribution in [2.24, 2.45) is 5.92 Å². The summed E-state index contributed by atoms with van der Waals surface area (Å²) >= 11 is 0. The zero-order valence-corrected chi connectivity index (χ0v) is 20.5. The van der Waals surface area contributed by atoms with Crippen molar-refractivity contribution in [3.05, 3.63) is 77.4 Å². The summed E-state index contributed by atoms with van der Waals surface area (Å²) in [6, 6.07) is 0.525. The van der Waals surface area contributed by atoms with Crippen molar-refractivity contribution < 1.29 is 67.3 Å². The number of halogens is 9. The van der Waals surface area contributed by atoms with Gasteiger partial charge in [-0.1, -0.05) is 18.2 Å². The Balaban J connectivity index is 2.18. The first kappa shape index (κ1) is 30.8. The summed E-state index contributed by atoms with van der Waals surface area (Å²) in [6.45, 7) is 0. The molecular formula is C23H16F9NO6S. The van der Waals surface area contributed by atoms with Gasteiger partial charge in [0.15, 0.2) is 0 Å². The lowest BCUT2D eigenvalue weighted by atomic mass is 9.93. The minimum absolute atomic E-state index is 0.141. The number of sulfonamides is 1. The number of carboxylic acids is 1. The molecule has 2 unspecified atom stereocenters. The van der Waals surface area contributed by atoms with Gasteiger partial charge in [-0.25, -0.2) is 8.42 Å². The summed E-state index contributed by atoms with van der Waals surface area (Å²) < 4.78 is 158. The number of aliphatic carboxylic acids is 1. The minimum Gasteiger partial charge on any atom is -0.481 e. The highest BCUT2D eigenvalue weighted by atomic mass is 32.2. The first-order chi connectivity index (χ1) is 18.2. The molecule has 2 N–H and O–H groups in total. The molecule has 0 aromatic heterocycles. The Bertz CT molecular complexity index is 1430. The molecule has 0 spiro atoms. The molecule has 7 nitrogen and oxygen atoms in total. The molecule has 2 aromatic carbocycles. The van der Waals surface area contributed by atoms with Gasteiger partial charge in [0.25, 0.3) is 10.0 Å². The normalized spacial score (nSPS) is 19.9. The van der Waals surface area contributed by atoms with Crippen LogP contribution in [0.3, 0.4) is 0 Å². The Morgan fingerprint density at radius 1 is 0.875 bits per heavy atom. The molecule has 0 aliphatic heterocycles. The van der Waals surface area contributed by atoms with Crippen molar-refractivity contribution in [2.45, 2.75) is 29.2 Å². The number of nitrogens with one attached hydrogen (secondary N) is 1. The van der Waals surface area contributed by atoms with Crippen LogP contribution in [0.2, 0.25) is 0 Å². The van der Waals surface area contributed by atoms with Crippen LogP contribution in [0.1, 0.15) is 16.7 Å². The summed E-state index contributed by atoms with van der Waals surface area (Å²) in [7, 11) is -4.48. The fraction of sp³-hybridized carbons (Fsp3) is 0.261. The molecule has 40 heavy (non-hydrogen) atoms. The molecule has 3 rings (SSSR count). The van der Waals surface area contributed by atoms with Crippen LogP contribution in [0, 0.1) is 5.92 Å². The molecule has 0 radical (unpaired) electrons. The van der Waals surface area contributed by atoms with E-state index in [-0.39, 0.29) is 24.3 Å². The Morgan fingerprint density at radius 2 is 1.43 bits per heavy atom. The molecule has 0 bridgehead atoms. The van der Waals surface area contributed by atoms with Gasteiger partial charge in [0.2, 0.25) is 5.79 Å². The number of alkyl halides is 9. The summed E-state index contributed by atoms with van der Waals surface area (Å²) in [5.41, 5.74) is -6.57. The topological polar surface area (TPSA) is 102 Å². The average molecular weight is 605 g/mol. The predicted molar refractivity (Wildman–Crippen MR) is 118 cm³/mol. The summed E-state index contributed by atoms with van der Waals surface area (Å²) in [5, 5.41) is 9.53. The molecule has 0 heterocycles. The van der Waals surface area contributed by atoms with Crippen molar-refractivity contribution in [3.63, 3.8) is 0 Å². The molecule has 1 aliphatic carbocycles. The number of hydrogen-bond acceptors (Lipinski definition) is 5. The lowest BCUT2D eigenvalue weighted by molar-refractivity contribution is -0.177. The van der Waals surface area contributed by atoms with E-state index in [0.29, 0.717) is 12.1 Å². The molecule has 1 aliphatic rings. The van der Waals surface area contributed by atoms with Crippen LogP contribution in [0.25, 0.3) is 0 Å². The number of anilines is 1. The third kappa shape index (κ3) is 6.52. The molecule has 2 aromatic rings. The third-order valence-corrected chi connectivity index (χ3v) is 6.80. The molecule has 17 heteroatoms. The third-order valence-electron chi connectivity index (χ3n) is 5.45. The number of ether oxygens (including phenoxy) is 2. The SMILES string of the molecule is COC1(Oc2ccc(C(F)(F)F)cc2NS(=O)(=O)c2cc(C(F)(F)F)cc(C(F)(F)F)c2)C=CC=CC1C(=O)O. The van der Waals surface area contributed by atoms with E-state index in [1.165, 1.54) is 16.9 Å². The van der Waals surface area contributed by atoms with Gasteiger partial charge in [0.1, 0.15) is 11.7 Å². The van der Waals surface area contributed by atoms with Gasteiger partial charge in [0.05, 0.1) is 27.3 Å². The van der Waals surface area contributed by atoms with E-state index in [2.05, 4.69) is 0 Å². The van der Waals surface area contributed by atoms with Gasteiger partial charge < -0.3 is 14.6 Å². The fourth-order valence-corrected chi connectivity index (χ4v) is 4.65. The van der Waals surface area contributed by atoms with Crippen LogP contribution in [0.5, 0.6) is 5.75 Å². The Labute approximate surface area is 219 Å². The number of carbonyl (C=O) groups is 1. The van der Waals surface area contributed by atoms with Crippen molar-refractivity contribution in [1.29, 1.82) is 0 Å². The summed E-state index contributed by atoms with van der Waals surface area (Å²) in [6.07, 6.45) is -11.3. The highest BCUT2D eigenvalue weighted by Crippen LogP contribution is 2.41. The molecule has 0 saturated heterocycles. The number of methoxy groups -OCH3 is 1. The lowest BCUT2D eigenvalue weighted by Gasteiger charge is -2.35. The van der Waals surface area contributed by atoms with E-state index in [0.717, 1.165) is 19.3 Å². The minimum atomic E-state index is -5.45. The van der Waals surface area contributed by atoms with Crippen LogP contribution in [-0.4, -0.2) is 32.4 Å². The molecule has 0 saturated carbocycles. The second-order valence-electron chi connectivity index (χ2n) is 8.14. The fourth-order valence-electron chi connectivity index (χ4n) is 3.52. The monoisotopic (exact) mass is 605 g/mol. The van der Waals surface area contributed by atoms with E-state index >= 15 is 0 Å². The Hall–Kier alpha value is -3.73. The van der Waals surface area contributed by atoms with Crippen LogP contribution >= 0.6 is 0 Å². The van der Waals surface area contributed by atoms with E-state index in [1.807, 2.05) is 0 Å². The molecule has 0 fully saturated rings. The number of rotatable bonds is 7. The Kier molecular flexibility index (Phi) is 7.97. The van der Waals surface area contributed by atoms with Crippen molar-refractivity contribution in [1.82, 2.24) is 0 Å². The van der Waals surface area contributed by atoms with Crippen LogP contribution in [0.15, 0.2) is 65.6 Å². The van der Waals surface area contributed by atoms with Gasteiger partial charge in [-0.15, -0.1) is 0 Å². The molecule has 0 amide bonds. The molecule has 218 valence electrons. The second-order valence-corrected chi connectivity index (χ2v) is 9.83. The zero-order chi connectivity index (χ0) is 30.3. The van der Waals surface area contributed by atoms with E-state index in [4.69, 9.17) is 9.47 Å². The van der Waals surface area contributed by atoms with Gasteiger partial charge in [-0.3, -0.25) is 9.52 Å². The number of benzene rings is 2. The smallest absolute Gasteiger partial charge is 0.416 e. The van der Waals surface area contributed by atoms with Crippen molar-refractivity contribution >= 4 is 21.7 Å². The standard InChI is InChI=1S/C23H16F9NO6S/c1-38-20(7-3-2-4-16(20)19(34)35)39-18-6-5-12(21(24,25)26)11-17(18)33-40(36,37)15-9-13(22(27,28)29)8-14(10-15)23(30,31)32/h2-11,16,33H,1H3,(H,34,35). The van der Waals surface area contributed by atoms with Crippen molar-refractivity contribution in [2.75, 3.05) is 11.8 Å². The number of hydrogen-bond donors (Lipinski definition) is 2. The first-order valence-corrected chi connectivity index (χ1v) is 12.0. The van der Waals surface area contributed by atoms with E-state index in [9.17, 15) is 57.8 Å². The zero-order valence-electron chi connectivity index (χ0n) is 19.6. The van der Waals surface area contributed by atoms with Gasteiger partial charge in [-0.05, 0) is 42.5 Å². The lowest BCUT2D eigenvalue weighted by Crippen LogP contribution is -2.47. The largest absolute Gasteiger partial charge is 0.481 e. The van der Waals surface area contributed by atoms with Gasteiger partial charge >= 0.3 is 24.5 Å². The van der Waals surface area contributed by atoms with Crippen LogP contribution in [-0.2, 0) is 38.1 Å². The highest BCUT2D eigenvalue weighted by Gasteiger charge is 2.45. The van der Waals surface area contributed by atoms with Crippen molar-refractivity contribution in [3.8, 4) is 5.75 Å². The predicted octanol–water partition coefficient (Wildman–Crippen LogP) is 6.09. The molecule has 2 atom stereocenters.